The lowest BCUT2D eigenvalue weighted by atomic mass is 10.2. The van der Waals surface area contributed by atoms with Crippen LogP contribution in [0.2, 0.25) is 5.28 Å². The lowest BCUT2D eigenvalue weighted by Gasteiger charge is -2.14. The quantitative estimate of drug-likeness (QED) is 0.0325. The van der Waals surface area contributed by atoms with Crippen molar-refractivity contribution in [3.8, 4) is 5.75 Å². The number of hydrogen-bond donors (Lipinski definition) is 2. The summed E-state index contributed by atoms with van der Waals surface area (Å²) in [5.41, 5.74) is 2.38. The molecular formula is C41H64ClN8O10P. The summed E-state index contributed by atoms with van der Waals surface area (Å²) in [6.07, 6.45) is 11.6. The van der Waals surface area contributed by atoms with Gasteiger partial charge in [-0.3, -0.25) is 0 Å². The number of hydrogen-bond acceptors (Lipinski definition) is 16. The van der Waals surface area contributed by atoms with Crippen LogP contribution in [0.15, 0.2) is 36.7 Å². The van der Waals surface area contributed by atoms with Gasteiger partial charge in [0.15, 0.2) is 11.9 Å². The molecule has 1 aromatic carbocycles. The van der Waals surface area contributed by atoms with E-state index in [1.807, 2.05) is 30.5 Å². The summed E-state index contributed by atoms with van der Waals surface area (Å²) in [7, 11) is -0.0663. The first-order valence-electron chi connectivity index (χ1n) is 21.4. The van der Waals surface area contributed by atoms with Crippen molar-refractivity contribution in [3.63, 3.8) is 0 Å². The van der Waals surface area contributed by atoms with E-state index < -0.39 is 0 Å². The second-order valence-corrected chi connectivity index (χ2v) is 15.4. The zero-order chi connectivity index (χ0) is 42.6. The van der Waals surface area contributed by atoms with Gasteiger partial charge < -0.3 is 52.8 Å². The molecule has 3 unspecified atom stereocenters. The van der Waals surface area contributed by atoms with Crippen molar-refractivity contribution in [2.24, 2.45) is 0 Å². The number of nitrogens with one attached hydrogen (secondary N) is 1. The molecule has 4 heterocycles. The Morgan fingerprint density at radius 1 is 0.836 bits per heavy atom. The topological polar surface area (TPSA) is 190 Å². The molecule has 340 valence electrons. The lowest BCUT2D eigenvalue weighted by molar-refractivity contribution is -0.00689. The van der Waals surface area contributed by atoms with Crippen LogP contribution in [-0.4, -0.2) is 144 Å². The van der Waals surface area contributed by atoms with Crippen LogP contribution in [0.1, 0.15) is 69.4 Å². The van der Waals surface area contributed by atoms with Gasteiger partial charge in [0.05, 0.1) is 116 Å². The van der Waals surface area contributed by atoms with Crippen LogP contribution in [0, 0.1) is 0 Å². The normalized spacial score (nSPS) is 15.5. The Morgan fingerprint density at radius 3 is 2.28 bits per heavy atom. The highest BCUT2D eigenvalue weighted by atomic mass is 35.5. The Bertz CT molecular complexity index is 1760. The molecule has 20 heteroatoms. The first kappa shape index (κ1) is 48.9. The number of rotatable bonds is 36. The van der Waals surface area contributed by atoms with Gasteiger partial charge in [0.2, 0.25) is 5.28 Å². The molecule has 1 aliphatic heterocycles. The largest absolute Gasteiger partial charge is 0.491 e. The van der Waals surface area contributed by atoms with Crippen LogP contribution < -0.4 is 10.1 Å². The molecule has 2 N–H and O–H groups in total. The van der Waals surface area contributed by atoms with E-state index in [9.17, 15) is 4.89 Å². The third-order valence-electron chi connectivity index (χ3n) is 9.52. The van der Waals surface area contributed by atoms with Crippen molar-refractivity contribution in [2.45, 2.75) is 83.9 Å². The van der Waals surface area contributed by atoms with Gasteiger partial charge >= 0.3 is 0 Å². The minimum absolute atomic E-state index is 0.0663. The minimum atomic E-state index is -0.228. The van der Waals surface area contributed by atoms with Crippen molar-refractivity contribution in [1.82, 2.24) is 34.7 Å². The SMILES string of the molecule is CCCCCCOCCOCCOCCn1cc(COCCOCCOCCOCCOc2cccc(CNc3nc(Cl)nc4c3cnn4C3CCC(CCPO)O3)c2)nn1. The molecule has 0 spiro atoms. The van der Waals surface area contributed by atoms with Gasteiger partial charge in [0, 0.05) is 22.0 Å². The zero-order valence-corrected chi connectivity index (χ0v) is 37.2. The monoisotopic (exact) mass is 894 g/mol. The molecule has 1 fully saturated rings. The smallest absolute Gasteiger partial charge is 0.226 e. The van der Waals surface area contributed by atoms with E-state index >= 15 is 0 Å². The summed E-state index contributed by atoms with van der Waals surface area (Å²) in [6, 6.07) is 7.84. The summed E-state index contributed by atoms with van der Waals surface area (Å²) < 4.78 is 54.9. The van der Waals surface area contributed by atoms with E-state index in [0.717, 1.165) is 60.8 Å². The molecule has 3 aromatic heterocycles. The van der Waals surface area contributed by atoms with E-state index in [-0.39, 0.29) is 26.4 Å². The highest BCUT2D eigenvalue weighted by Gasteiger charge is 2.29. The van der Waals surface area contributed by atoms with E-state index in [2.05, 4.69) is 37.6 Å². The van der Waals surface area contributed by atoms with Gasteiger partial charge in [-0.1, -0.05) is 43.5 Å². The Hall–Kier alpha value is -3.13. The number of ether oxygens (including phenoxy) is 9. The van der Waals surface area contributed by atoms with Gasteiger partial charge in [-0.05, 0) is 61.1 Å². The van der Waals surface area contributed by atoms with Crippen molar-refractivity contribution in [3.05, 3.63) is 53.2 Å². The maximum Gasteiger partial charge on any atom is 0.226 e. The van der Waals surface area contributed by atoms with Crippen molar-refractivity contribution >= 4 is 37.3 Å². The highest BCUT2D eigenvalue weighted by Crippen LogP contribution is 2.34. The summed E-state index contributed by atoms with van der Waals surface area (Å²) in [6.45, 7) is 10.9. The molecule has 0 aliphatic carbocycles. The molecule has 0 saturated carbocycles. The molecule has 18 nitrogen and oxygen atoms in total. The van der Waals surface area contributed by atoms with Crippen molar-refractivity contribution in [2.75, 3.05) is 104 Å². The van der Waals surface area contributed by atoms with Crippen molar-refractivity contribution < 1.29 is 47.5 Å². The number of nitrogens with zero attached hydrogens (tertiary/aromatic N) is 7. The van der Waals surface area contributed by atoms with Crippen LogP contribution in [0.4, 0.5) is 5.82 Å². The molecule has 5 rings (SSSR count). The van der Waals surface area contributed by atoms with Gasteiger partial charge in [0.1, 0.15) is 23.9 Å². The average Bonchev–Trinajstić information content (AvgIpc) is 4.04. The molecule has 0 amide bonds. The van der Waals surface area contributed by atoms with Crippen LogP contribution in [0.5, 0.6) is 5.75 Å². The van der Waals surface area contributed by atoms with Crippen LogP contribution >= 0.6 is 20.4 Å². The number of aromatic nitrogens is 7. The Kier molecular flexibility index (Phi) is 24.1. The fourth-order valence-corrected chi connectivity index (χ4v) is 7.00. The predicted octanol–water partition coefficient (Wildman–Crippen LogP) is 5.61. The zero-order valence-electron chi connectivity index (χ0n) is 35.4. The minimum Gasteiger partial charge on any atom is -0.491 e. The maximum atomic E-state index is 9.19. The predicted molar refractivity (Wildman–Crippen MR) is 231 cm³/mol. The lowest BCUT2D eigenvalue weighted by Crippen LogP contribution is -2.14. The molecule has 61 heavy (non-hydrogen) atoms. The fraction of sp³-hybridized carbons (Fsp3) is 0.683. The summed E-state index contributed by atoms with van der Waals surface area (Å²) in [4.78, 5) is 18.1. The molecule has 1 aliphatic rings. The van der Waals surface area contributed by atoms with E-state index in [4.69, 9.17) is 54.2 Å². The third-order valence-corrected chi connectivity index (χ3v) is 10.2. The number of halogens is 1. The van der Waals surface area contributed by atoms with Crippen LogP contribution in [-0.2, 0) is 57.6 Å². The Labute approximate surface area is 365 Å². The summed E-state index contributed by atoms with van der Waals surface area (Å²) >= 11 is 6.33. The number of fused-ring (bicyclic) bond motifs is 1. The number of anilines is 1. The third kappa shape index (κ3) is 19.0. The van der Waals surface area contributed by atoms with Crippen LogP contribution in [0.3, 0.4) is 0 Å². The second-order valence-electron chi connectivity index (χ2n) is 14.3. The van der Waals surface area contributed by atoms with Crippen LogP contribution in [0.25, 0.3) is 11.0 Å². The molecule has 0 bridgehead atoms. The van der Waals surface area contributed by atoms with Gasteiger partial charge in [0.25, 0.3) is 0 Å². The summed E-state index contributed by atoms with van der Waals surface area (Å²) in [5.74, 6) is 1.33. The first-order chi connectivity index (χ1) is 30.1. The number of unbranched alkanes of at least 4 members (excludes halogenated alkanes) is 3. The molecular weight excluding hydrogens is 831 g/mol. The summed E-state index contributed by atoms with van der Waals surface area (Å²) in [5, 5.41) is 17.1. The van der Waals surface area contributed by atoms with Gasteiger partial charge in [-0.15, -0.1) is 5.10 Å². The number of benzene rings is 1. The maximum absolute atomic E-state index is 9.19. The fourth-order valence-electron chi connectivity index (χ4n) is 6.38. The molecule has 4 aromatic rings. The second kappa shape index (κ2) is 30.0. The molecule has 0 radical (unpaired) electrons. The average molecular weight is 895 g/mol. The standard InChI is InChI=1S/C41H64ClN8O10P/c1-2-3-4-5-13-52-15-17-54-18-16-53-14-12-49-31-34(47-48-49)32-58-24-23-56-20-19-55-21-22-57-25-26-59-36-8-6-7-33(28-36)29-43-39-37-30-44-50(40(37)46-41(42)45-39)38-10-9-35(60-38)11-27-61-51/h6-8,28,30-31,35,38,51,61H,2-5,9-27,29,32H2,1H3,(H,43,45,46). The first-order valence-corrected chi connectivity index (χ1v) is 23.0. The highest BCUT2D eigenvalue weighted by molar-refractivity contribution is 7.31. The van der Waals surface area contributed by atoms with Crippen molar-refractivity contribution in [1.29, 1.82) is 0 Å². The van der Waals surface area contributed by atoms with E-state index in [1.54, 1.807) is 15.6 Å². The van der Waals surface area contributed by atoms with E-state index in [1.165, 1.54) is 19.3 Å². The van der Waals surface area contributed by atoms with E-state index in [0.29, 0.717) is 117 Å². The molecule has 3 atom stereocenters. The van der Waals surface area contributed by atoms with Gasteiger partial charge in [-0.25, -0.2) is 9.36 Å². The Balaban J connectivity index is 0.818. The van der Waals surface area contributed by atoms with Gasteiger partial charge in [-0.2, -0.15) is 15.1 Å². The molecule has 1 saturated heterocycles. The Morgan fingerprint density at radius 2 is 1.54 bits per heavy atom.